The molecule has 1 aromatic rings. The number of hydrogen-bond acceptors (Lipinski definition) is 5. The first-order chi connectivity index (χ1) is 10.4. The molecule has 2 rings (SSSR count). The quantitative estimate of drug-likeness (QED) is 0.622. The van der Waals surface area contributed by atoms with Crippen molar-refractivity contribution in [1.29, 1.82) is 0 Å². The van der Waals surface area contributed by atoms with Crippen molar-refractivity contribution in [3.05, 3.63) is 39.8 Å². The van der Waals surface area contributed by atoms with E-state index in [1.54, 1.807) is 37.3 Å². The lowest BCUT2D eigenvalue weighted by Crippen LogP contribution is -2.42. The molecule has 0 spiro atoms. The number of imide groups is 1. The lowest BCUT2D eigenvalue weighted by Gasteiger charge is -2.19. The normalized spacial score (nSPS) is 18.0. The molecule has 0 unspecified atom stereocenters. The van der Waals surface area contributed by atoms with Crippen LogP contribution in [-0.2, 0) is 14.3 Å². The maximum absolute atomic E-state index is 12.3. The Balaban J connectivity index is 2.23. The number of thioether (sulfide) groups is 1. The van der Waals surface area contributed by atoms with Crippen molar-refractivity contribution in [2.75, 3.05) is 6.61 Å². The van der Waals surface area contributed by atoms with Gasteiger partial charge in [-0.3, -0.25) is 14.5 Å². The number of rotatable bonds is 4. The van der Waals surface area contributed by atoms with E-state index in [4.69, 9.17) is 16.3 Å². The number of esters is 1. The van der Waals surface area contributed by atoms with E-state index in [9.17, 15) is 14.4 Å². The third-order valence-electron chi connectivity index (χ3n) is 2.98. The van der Waals surface area contributed by atoms with Gasteiger partial charge in [0.05, 0.1) is 11.5 Å². The molecule has 0 aromatic heterocycles. The fraction of sp³-hybridized carbons (Fsp3) is 0.267. The zero-order valence-corrected chi connectivity index (χ0v) is 13.6. The maximum Gasteiger partial charge on any atom is 0.329 e. The van der Waals surface area contributed by atoms with Gasteiger partial charge in [-0.2, -0.15) is 0 Å². The van der Waals surface area contributed by atoms with Gasteiger partial charge in [-0.25, -0.2) is 4.79 Å². The molecule has 0 bridgehead atoms. The van der Waals surface area contributed by atoms with Gasteiger partial charge in [-0.1, -0.05) is 23.7 Å². The van der Waals surface area contributed by atoms with Crippen LogP contribution < -0.4 is 0 Å². The Morgan fingerprint density at radius 1 is 1.45 bits per heavy atom. The summed E-state index contributed by atoms with van der Waals surface area (Å²) in [5, 5.41) is 0.0479. The summed E-state index contributed by atoms with van der Waals surface area (Å²) < 4.78 is 4.85. The van der Waals surface area contributed by atoms with Gasteiger partial charge in [0.1, 0.15) is 6.04 Å². The number of carbonyl (C=O) groups excluding carboxylic acids is 3. The standard InChI is InChI=1S/C15H14ClNO4S/c1-3-21-14(19)9(2)17-13(18)12(22-15(17)20)8-10-5-4-6-11(16)7-10/h4-9H,3H2,1-2H3/b12-8-/t9-/m1/s1. The first-order valence-corrected chi connectivity index (χ1v) is 7.82. The number of ether oxygens (including phenoxy) is 1. The molecule has 22 heavy (non-hydrogen) atoms. The monoisotopic (exact) mass is 339 g/mol. The maximum atomic E-state index is 12.3. The molecule has 0 N–H and O–H groups in total. The molecular formula is C15H14ClNO4S. The van der Waals surface area contributed by atoms with Crippen LogP contribution in [0.5, 0.6) is 0 Å². The molecule has 116 valence electrons. The second-order valence-corrected chi connectivity index (χ2v) is 5.96. The van der Waals surface area contributed by atoms with Crippen LogP contribution in [0, 0.1) is 0 Å². The van der Waals surface area contributed by atoms with Crippen molar-refractivity contribution in [2.45, 2.75) is 19.9 Å². The van der Waals surface area contributed by atoms with Crippen molar-refractivity contribution in [3.8, 4) is 0 Å². The number of amides is 2. The minimum absolute atomic E-state index is 0.192. The summed E-state index contributed by atoms with van der Waals surface area (Å²) in [5.74, 6) is -1.11. The second-order valence-electron chi connectivity index (χ2n) is 4.53. The molecule has 1 aliphatic rings. The summed E-state index contributed by atoms with van der Waals surface area (Å²) in [6.45, 7) is 3.33. The predicted molar refractivity (Wildman–Crippen MR) is 85.4 cm³/mol. The minimum atomic E-state index is -0.947. The molecule has 0 radical (unpaired) electrons. The third kappa shape index (κ3) is 3.51. The van der Waals surface area contributed by atoms with E-state index < -0.39 is 23.2 Å². The summed E-state index contributed by atoms with van der Waals surface area (Å²) in [6, 6.07) is 5.98. The Morgan fingerprint density at radius 3 is 2.82 bits per heavy atom. The number of hydrogen-bond donors (Lipinski definition) is 0. The Labute approximate surface area is 137 Å². The van der Waals surface area contributed by atoms with E-state index in [1.165, 1.54) is 6.92 Å². The Bertz CT molecular complexity index is 659. The average Bonchev–Trinajstić information content (AvgIpc) is 2.73. The molecule has 1 saturated heterocycles. The van der Waals surface area contributed by atoms with E-state index in [1.807, 2.05) is 0 Å². The summed E-state index contributed by atoms with van der Waals surface area (Å²) in [6.07, 6.45) is 1.58. The van der Waals surface area contributed by atoms with Gasteiger partial charge >= 0.3 is 5.97 Å². The van der Waals surface area contributed by atoms with Crippen molar-refractivity contribution in [3.63, 3.8) is 0 Å². The highest BCUT2D eigenvalue weighted by molar-refractivity contribution is 8.18. The highest BCUT2D eigenvalue weighted by atomic mass is 35.5. The molecule has 1 fully saturated rings. The van der Waals surface area contributed by atoms with Crippen LogP contribution in [0.1, 0.15) is 19.4 Å². The smallest absolute Gasteiger partial charge is 0.329 e. The molecule has 1 aromatic carbocycles. The van der Waals surface area contributed by atoms with Gasteiger partial charge in [-0.15, -0.1) is 0 Å². The lowest BCUT2D eigenvalue weighted by atomic mass is 10.2. The zero-order chi connectivity index (χ0) is 16.3. The second kappa shape index (κ2) is 6.98. The first kappa shape index (κ1) is 16.6. The van der Waals surface area contributed by atoms with Crippen LogP contribution in [0.4, 0.5) is 4.79 Å². The number of nitrogens with zero attached hydrogens (tertiary/aromatic N) is 1. The molecule has 1 aliphatic heterocycles. The van der Waals surface area contributed by atoms with Gasteiger partial charge in [0.15, 0.2) is 0 Å². The summed E-state index contributed by atoms with van der Waals surface area (Å²) >= 11 is 6.69. The Kier molecular flexibility index (Phi) is 5.26. The third-order valence-corrected chi connectivity index (χ3v) is 4.10. The SMILES string of the molecule is CCOC(=O)[C@@H](C)N1C(=O)S/C(=C\c2cccc(Cl)c2)C1=O. The van der Waals surface area contributed by atoms with Crippen LogP contribution >= 0.6 is 23.4 Å². The number of halogens is 1. The van der Waals surface area contributed by atoms with Crippen LogP contribution in [0.15, 0.2) is 29.2 Å². The number of carbonyl (C=O) groups is 3. The van der Waals surface area contributed by atoms with Gasteiger partial charge in [0, 0.05) is 5.02 Å². The van der Waals surface area contributed by atoms with E-state index in [-0.39, 0.29) is 11.5 Å². The minimum Gasteiger partial charge on any atom is -0.464 e. The summed E-state index contributed by atoms with van der Waals surface area (Å²) in [7, 11) is 0. The van der Waals surface area contributed by atoms with Gasteiger partial charge < -0.3 is 4.74 Å². The Hall–Kier alpha value is -1.79. The fourth-order valence-electron chi connectivity index (χ4n) is 1.93. The Morgan fingerprint density at radius 2 is 2.18 bits per heavy atom. The number of benzene rings is 1. The zero-order valence-electron chi connectivity index (χ0n) is 12.0. The van der Waals surface area contributed by atoms with Crippen LogP contribution in [0.2, 0.25) is 5.02 Å². The molecule has 5 nitrogen and oxygen atoms in total. The molecule has 0 aliphatic carbocycles. The van der Waals surface area contributed by atoms with E-state index in [2.05, 4.69) is 0 Å². The van der Waals surface area contributed by atoms with Crippen molar-refractivity contribution in [2.24, 2.45) is 0 Å². The highest BCUT2D eigenvalue weighted by Gasteiger charge is 2.41. The summed E-state index contributed by atoms with van der Waals surface area (Å²) in [4.78, 5) is 37.2. The molecule has 1 atom stereocenters. The highest BCUT2D eigenvalue weighted by Crippen LogP contribution is 2.34. The predicted octanol–water partition coefficient (Wildman–Crippen LogP) is 3.33. The van der Waals surface area contributed by atoms with E-state index in [0.29, 0.717) is 10.6 Å². The van der Waals surface area contributed by atoms with Crippen LogP contribution in [0.3, 0.4) is 0 Å². The largest absolute Gasteiger partial charge is 0.464 e. The molecule has 2 amide bonds. The van der Waals surface area contributed by atoms with Gasteiger partial charge in [0.2, 0.25) is 0 Å². The fourth-order valence-corrected chi connectivity index (χ4v) is 3.04. The topological polar surface area (TPSA) is 63.7 Å². The van der Waals surface area contributed by atoms with Crippen molar-refractivity contribution < 1.29 is 19.1 Å². The molecule has 0 saturated carbocycles. The summed E-state index contributed by atoms with van der Waals surface area (Å²) in [5.41, 5.74) is 0.710. The molecular weight excluding hydrogens is 326 g/mol. The average molecular weight is 340 g/mol. The van der Waals surface area contributed by atoms with E-state index in [0.717, 1.165) is 16.7 Å². The van der Waals surface area contributed by atoms with Crippen LogP contribution in [0.25, 0.3) is 6.08 Å². The van der Waals surface area contributed by atoms with Crippen molar-refractivity contribution >= 4 is 46.6 Å². The molecule has 1 heterocycles. The first-order valence-electron chi connectivity index (χ1n) is 6.63. The van der Waals surface area contributed by atoms with Crippen LogP contribution in [-0.4, -0.2) is 34.7 Å². The van der Waals surface area contributed by atoms with E-state index >= 15 is 0 Å². The van der Waals surface area contributed by atoms with Crippen molar-refractivity contribution in [1.82, 2.24) is 4.90 Å². The molecule has 7 heteroatoms. The van der Waals surface area contributed by atoms with Gasteiger partial charge in [0.25, 0.3) is 11.1 Å². The lowest BCUT2D eigenvalue weighted by molar-refractivity contribution is -0.150. The van der Waals surface area contributed by atoms with Gasteiger partial charge in [-0.05, 0) is 49.4 Å².